The Morgan fingerprint density at radius 2 is 2.29 bits per heavy atom. The fourth-order valence-corrected chi connectivity index (χ4v) is 4.19. The van der Waals surface area contributed by atoms with E-state index in [-0.39, 0.29) is 11.8 Å². The molecule has 1 aliphatic heterocycles. The van der Waals surface area contributed by atoms with Crippen LogP contribution in [0.25, 0.3) is 5.69 Å². The highest BCUT2D eigenvalue weighted by atomic mass is 32.1. The first-order chi connectivity index (χ1) is 13.7. The van der Waals surface area contributed by atoms with Crippen LogP contribution in [-0.4, -0.2) is 45.7 Å². The molecule has 1 saturated heterocycles. The largest absolute Gasteiger partial charge is 0.365 e. The van der Waals surface area contributed by atoms with E-state index in [1.165, 1.54) is 0 Å². The SMILES string of the molecule is CNc1nc(CN2CCC[C@@H](C(=O)Nc3cccc(-n4cccn4)c3)C2)cs1. The molecular weight excluding hydrogens is 372 g/mol. The Bertz CT molecular complexity index is 922. The molecule has 1 aliphatic rings. The molecule has 3 heterocycles. The van der Waals surface area contributed by atoms with Crippen LogP contribution in [0.1, 0.15) is 18.5 Å². The van der Waals surface area contributed by atoms with E-state index in [9.17, 15) is 4.79 Å². The summed E-state index contributed by atoms with van der Waals surface area (Å²) in [7, 11) is 1.88. The van der Waals surface area contributed by atoms with Crippen LogP contribution in [0.3, 0.4) is 0 Å². The van der Waals surface area contributed by atoms with Gasteiger partial charge in [0, 0.05) is 43.6 Å². The topological polar surface area (TPSA) is 75.1 Å². The van der Waals surface area contributed by atoms with Crippen LogP contribution in [0.15, 0.2) is 48.1 Å². The van der Waals surface area contributed by atoms with Crippen molar-refractivity contribution in [1.29, 1.82) is 0 Å². The van der Waals surface area contributed by atoms with E-state index in [0.717, 1.165) is 54.7 Å². The number of nitrogens with zero attached hydrogens (tertiary/aromatic N) is 4. The van der Waals surface area contributed by atoms with Gasteiger partial charge in [0.1, 0.15) is 0 Å². The van der Waals surface area contributed by atoms with Crippen LogP contribution in [0.4, 0.5) is 10.8 Å². The van der Waals surface area contributed by atoms with E-state index in [1.54, 1.807) is 22.2 Å². The Hall–Kier alpha value is -2.71. The first-order valence-electron chi connectivity index (χ1n) is 9.47. The van der Waals surface area contributed by atoms with Crippen molar-refractivity contribution in [2.75, 3.05) is 30.8 Å². The highest BCUT2D eigenvalue weighted by molar-refractivity contribution is 7.13. The first-order valence-corrected chi connectivity index (χ1v) is 10.3. The summed E-state index contributed by atoms with van der Waals surface area (Å²) in [5, 5.41) is 13.4. The van der Waals surface area contributed by atoms with Gasteiger partial charge in [0.15, 0.2) is 5.13 Å². The van der Waals surface area contributed by atoms with Gasteiger partial charge >= 0.3 is 0 Å². The molecule has 0 saturated carbocycles. The van der Waals surface area contributed by atoms with E-state index in [2.05, 4.69) is 31.0 Å². The van der Waals surface area contributed by atoms with Crippen LogP contribution in [0, 0.1) is 5.92 Å². The summed E-state index contributed by atoms with van der Waals surface area (Å²) >= 11 is 1.61. The average molecular weight is 397 g/mol. The number of nitrogens with one attached hydrogen (secondary N) is 2. The maximum atomic E-state index is 12.8. The molecule has 2 aromatic heterocycles. The van der Waals surface area contributed by atoms with E-state index in [0.29, 0.717) is 0 Å². The fourth-order valence-electron chi connectivity index (χ4n) is 3.53. The zero-order chi connectivity index (χ0) is 19.3. The number of anilines is 2. The predicted molar refractivity (Wildman–Crippen MR) is 112 cm³/mol. The quantitative estimate of drug-likeness (QED) is 0.669. The third-order valence-electron chi connectivity index (χ3n) is 4.91. The van der Waals surface area contributed by atoms with Crippen LogP contribution >= 0.6 is 11.3 Å². The minimum atomic E-state index is -0.00971. The van der Waals surface area contributed by atoms with Crippen molar-refractivity contribution >= 4 is 28.1 Å². The lowest BCUT2D eigenvalue weighted by molar-refractivity contribution is -0.121. The fraction of sp³-hybridized carbons (Fsp3) is 0.350. The van der Waals surface area contributed by atoms with Crippen LogP contribution in [0.5, 0.6) is 0 Å². The van der Waals surface area contributed by atoms with Crippen molar-refractivity contribution in [1.82, 2.24) is 19.7 Å². The standard InChI is InChI=1S/C20H24N6OS/c1-21-20-24-17(14-28-20)13-25-9-3-5-15(12-25)19(27)23-16-6-2-7-18(11-16)26-10-4-8-22-26/h2,4,6-8,10-11,14-15H,3,5,9,12-13H2,1H3,(H,21,24)(H,23,27)/t15-/m1/s1. The van der Waals surface area contributed by atoms with Crippen LogP contribution in [0.2, 0.25) is 0 Å². The molecule has 0 spiro atoms. The van der Waals surface area contributed by atoms with Crippen molar-refractivity contribution in [2.24, 2.45) is 5.92 Å². The highest BCUT2D eigenvalue weighted by Gasteiger charge is 2.26. The van der Waals surface area contributed by atoms with Gasteiger partial charge in [0.05, 0.1) is 17.3 Å². The maximum absolute atomic E-state index is 12.8. The Labute approximate surface area is 168 Å². The summed E-state index contributed by atoms with van der Waals surface area (Å²) in [6.07, 6.45) is 5.57. The van der Waals surface area contributed by atoms with Gasteiger partial charge in [-0.1, -0.05) is 6.07 Å². The smallest absolute Gasteiger partial charge is 0.228 e. The second kappa shape index (κ2) is 8.53. The molecule has 1 fully saturated rings. The zero-order valence-corrected chi connectivity index (χ0v) is 16.7. The first kappa shape index (κ1) is 18.6. The third-order valence-corrected chi connectivity index (χ3v) is 5.82. The monoisotopic (exact) mass is 396 g/mol. The Morgan fingerprint density at radius 3 is 3.07 bits per heavy atom. The third kappa shape index (κ3) is 4.40. The van der Waals surface area contributed by atoms with E-state index < -0.39 is 0 Å². The Kier molecular flexibility index (Phi) is 5.68. The molecule has 1 atom stereocenters. The Morgan fingerprint density at radius 1 is 1.36 bits per heavy atom. The molecule has 4 rings (SSSR count). The zero-order valence-electron chi connectivity index (χ0n) is 15.8. The molecule has 7 nitrogen and oxygen atoms in total. The van der Waals surface area contributed by atoms with Gasteiger partial charge in [-0.05, 0) is 43.7 Å². The number of likely N-dealkylation sites (tertiary alicyclic amines) is 1. The molecule has 3 aromatic rings. The number of hydrogen-bond donors (Lipinski definition) is 2. The van der Waals surface area contributed by atoms with E-state index in [1.807, 2.05) is 43.6 Å². The number of benzene rings is 1. The molecule has 8 heteroatoms. The molecule has 28 heavy (non-hydrogen) atoms. The number of carbonyl (C=O) groups excluding carboxylic acids is 1. The molecule has 0 radical (unpaired) electrons. The number of rotatable bonds is 6. The number of piperidine rings is 1. The number of thiazole rings is 1. The summed E-state index contributed by atoms with van der Waals surface area (Å²) in [6.45, 7) is 2.55. The predicted octanol–water partition coefficient (Wildman–Crippen LogP) is 3.22. The summed E-state index contributed by atoms with van der Waals surface area (Å²) in [6, 6.07) is 9.64. The molecule has 0 unspecified atom stereocenters. The van der Waals surface area contributed by atoms with Crippen molar-refractivity contribution in [3.05, 3.63) is 53.8 Å². The average Bonchev–Trinajstić information content (AvgIpc) is 3.40. The minimum Gasteiger partial charge on any atom is -0.365 e. The van der Waals surface area contributed by atoms with Gasteiger partial charge in [0.25, 0.3) is 0 Å². The molecule has 146 valence electrons. The molecule has 2 N–H and O–H groups in total. The van der Waals surface area contributed by atoms with Crippen molar-refractivity contribution in [2.45, 2.75) is 19.4 Å². The summed E-state index contributed by atoms with van der Waals surface area (Å²) in [4.78, 5) is 19.7. The van der Waals surface area contributed by atoms with Crippen LogP contribution < -0.4 is 10.6 Å². The number of hydrogen-bond acceptors (Lipinski definition) is 6. The van der Waals surface area contributed by atoms with E-state index in [4.69, 9.17) is 0 Å². The summed E-state index contributed by atoms with van der Waals surface area (Å²) in [5.41, 5.74) is 2.78. The van der Waals surface area contributed by atoms with Crippen LogP contribution in [-0.2, 0) is 11.3 Å². The lowest BCUT2D eigenvalue weighted by Crippen LogP contribution is -2.40. The minimum absolute atomic E-state index is 0.00971. The van der Waals surface area contributed by atoms with Gasteiger partial charge in [-0.3, -0.25) is 9.69 Å². The van der Waals surface area contributed by atoms with Gasteiger partial charge in [-0.15, -0.1) is 11.3 Å². The molecular formula is C20H24N6OS. The van der Waals surface area contributed by atoms with Crippen molar-refractivity contribution < 1.29 is 4.79 Å². The van der Waals surface area contributed by atoms with Crippen molar-refractivity contribution in [3.8, 4) is 5.69 Å². The lowest BCUT2D eigenvalue weighted by Gasteiger charge is -2.31. The van der Waals surface area contributed by atoms with Gasteiger partial charge in [0.2, 0.25) is 5.91 Å². The molecule has 1 amide bonds. The summed E-state index contributed by atoms with van der Waals surface area (Å²) in [5.74, 6) is 0.0704. The second-order valence-electron chi connectivity index (χ2n) is 6.96. The second-order valence-corrected chi connectivity index (χ2v) is 7.82. The number of amides is 1. The summed E-state index contributed by atoms with van der Waals surface area (Å²) < 4.78 is 1.78. The maximum Gasteiger partial charge on any atom is 0.228 e. The van der Waals surface area contributed by atoms with Gasteiger partial charge in [-0.2, -0.15) is 5.10 Å². The van der Waals surface area contributed by atoms with Gasteiger partial charge < -0.3 is 10.6 Å². The Balaban J connectivity index is 1.37. The molecule has 1 aromatic carbocycles. The molecule has 0 aliphatic carbocycles. The normalized spacial score (nSPS) is 17.4. The number of carbonyl (C=O) groups is 1. The van der Waals surface area contributed by atoms with Gasteiger partial charge in [-0.25, -0.2) is 9.67 Å². The van der Waals surface area contributed by atoms with Crippen molar-refractivity contribution in [3.63, 3.8) is 0 Å². The lowest BCUT2D eigenvalue weighted by atomic mass is 9.97. The highest BCUT2D eigenvalue weighted by Crippen LogP contribution is 2.23. The van der Waals surface area contributed by atoms with E-state index >= 15 is 0 Å². The molecule has 0 bridgehead atoms. The number of aromatic nitrogens is 3.